The molecule has 20 heavy (non-hydrogen) atoms. The lowest BCUT2D eigenvalue weighted by Gasteiger charge is -2.34. The number of nitrogens with two attached hydrogens (primary N) is 1. The van der Waals surface area contributed by atoms with Gasteiger partial charge in [-0.05, 0) is 25.0 Å². The Morgan fingerprint density at radius 1 is 1.15 bits per heavy atom. The summed E-state index contributed by atoms with van der Waals surface area (Å²) in [5.41, 5.74) is 6.20. The van der Waals surface area contributed by atoms with Crippen molar-refractivity contribution in [2.24, 2.45) is 11.1 Å². The first-order valence-corrected chi connectivity index (χ1v) is 7.62. The topological polar surface area (TPSA) is 46.3 Å². The lowest BCUT2D eigenvalue weighted by Crippen LogP contribution is -2.49. The largest absolute Gasteiger partial charge is 0.392 e. The van der Waals surface area contributed by atoms with Gasteiger partial charge in [0.1, 0.15) is 0 Å². The molecule has 0 unspecified atom stereocenters. The first-order valence-electron chi connectivity index (χ1n) is 7.21. The Labute approximate surface area is 126 Å². The predicted molar refractivity (Wildman–Crippen MR) is 86.8 cm³/mol. The number of nitrogens with zero attached hydrogens (tertiary/aromatic N) is 1. The van der Waals surface area contributed by atoms with Gasteiger partial charge in [0.15, 0.2) is 0 Å². The number of thiocarbonyl (C=S) groups is 1. The summed E-state index contributed by atoms with van der Waals surface area (Å²) in [6.07, 6.45) is 5.91. The molecule has 0 radical (unpaired) electrons. The van der Waals surface area contributed by atoms with E-state index in [0.29, 0.717) is 4.99 Å². The van der Waals surface area contributed by atoms with Gasteiger partial charge in [0, 0.05) is 12.7 Å². The van der Waals surface area contributed by atoms with Crippen LogP contribution in [-0.2, 0) is 4.79 Å². The average molecular weight is 290 g/mol. The molecule has 0 saturated heterocycles. The Morgan fingerprint density at radius 3 is 2.20 bits per heavy atom. The number of carbonyl (C=O) groups excluding carboxylic acids is 1. The maximum atomic E-state index is 13.0. The molecule has 1 aromatic carbocycles. The number of carbonyl (C=O) groups is 1. The highest BCUT2D eigenvalue weighted by atomic mass is 32.1. The summed E-state index contributed by atoms with van der Waals surface area (Å²) in [6.45, 7) is 0. The van der Waals surface area contributed by atoms with Crippen LogP contribution >= 0.6 is 12.2 Å². The first kappa shape index (κ1) is 15.0. The summed E-state index contributed by atoms with van der Waals surface area (Å²) in [6, 6.07) is 9.67. The molecule has 1 aliphatic rings. The average Bonchev–Trinajstić information content (AvgIpc) is 2.73. The van der Waals surface area contributed by atoms with Crippen LogP contribution in [0.15, 0.2) is 30.3 Å². The Balaban J connectivity index is 2.29. The van der Waals surface area contributed by atoms with Crippen LogP contribution in [-0.4, -0.2) is 17.9 Å². The number of benzene rings is 1. The van der Waals surface area contributed by atoms with Crippen LogP contribution in [0.25, 0.3) is 0 Å². The summed E-state index contributed by atoms with van der Waals surface area (Å²) in [5, 5.41) is 0. The fourth-order valence-electron chi connectivity index (χ4n) is 2.99. The molecule has 108 valence electrons. The van der Waals surface area contributed by atoms with Crippen molar-refractivity contribution >= 4 is 28.8 Å². The molecule has 0 bridgehead atoms. The maximum absolute atomic E-state index is 13.0. The number of anilines is 1. The van der Waals surface area contributed by atoms with E-state index < -0.39 is 5.41 Å². The van der Waals surface area contributed by atoms with Crippen LogP contribution < -0.4 is 10.6 Å². The van der Waals surface area contributed by atoms with Gasteiger partial charge in [-0.3, -0.25) is 4.79 Å². The van der Waals surface area contributed by atoms with Crippen molar-refractivity contribution in [1.82, 2.24) is 0 Å². The Kier molecular flexibility index (Phi) is 4.76. The van der Waals surface area contributed by atoms with E-state index in [4.69, 9.17) is 18.0 Å². The molecule has 0 aromatic heterocycles. The van der Waals surface area contributed by atoms with E-state index in [0.717, 1.165) is 44.2 Å². The van der Waals surface area contributed by atoms with Gasteiger partial charge in [-0.15, -0.1) is 0 Å². The van der Waals surface area contributed by atoms with Crippen LogP contribution in [0.3, 0.4) is 0 Å². The number of para-hydroxylation sites is 1. The minimum atomic E-state index is -0.656. The summed E-state index contributed by atoms with van der Waals surface area (Å²) in [5.74, 6) is 0.0399. The van der Waals surface area contributed by atoms with Crippen LogP contribution in [0.1, 0.15) is 38.5 Å². The maximum Gasteiger partial charge on any atom is 0.239 e. The zero-order valence-corrected chi connectivity index (χ0v) is 12.8. The molecule has 0 spiro atoms. The van der Waals surface area contributed by atoms with Gasteiger partial charge >= 0.3 is 0 Å². The van der Waals surface area contributed by atoms with Gasteiger partial charge in [0.25, 0.3) is 0 Å². The summed E-state index contributed by atoms with van der Waals surface area (Å²) >= 11 is 5.26. The fourth-order valence-corrected chi connectivity index (χ4v) is 3.28. The first-order chi connectivity index (χ1) is 9.58. The summed E-state index contributed by atoms with van der Waals surface area (Å²) in [7, 11) is 1.81. The van der Waals surface area contributed by atoms with Crippen molar-refractivity contribution in [3.8, 4) is 0 Å². The van der Waals surface area contributed by atoms with E-state index in [-0.39, 0.29) is 5.91 Å². The Bertz CT molecular complexity index is 479. The highest BCUT2D eigenvalue weighted by Crippen LogP contribution is 2.38. The van der Waals surface area contributed by atoms with E-state index in [2.05, 4.69) is 0 Å². The van der Waals surface area contributed by atoms with Gasteiger partial charge in [-0.2, -0.15) is 0 Å². The van der Waals surface area contributed by atoms with Gasteiger partial charge in [0.2, 0.25) is 5.91 Å². The molecular formula is C16H22N2OS. The zero-order chi connectivity index (χ0) is 14.6. The summed E-state index contributed by atoms with van der Waals surface area (Å²) in [4.78, 5) is 15.0. The molecule has 0 atom stereocenters. The Hall–Kier alpha value is -1.42. The molecule has 1 amide bonds. The quantitative estimate of drug-likeness (QED) is 0.686. The van der Waals surface area contributed by atoms with Crippen molar-refractivity contribution in [1.29, 1.82) is 0 Å². The Morgan fingerprint density at radius 2 is 1.70 bits per heavy atom. The van der Waals surface area contributed by atoms with Crippen LogP contribution in [0.4, 0.5) is 5.69 Å². The second kappa shape index (κ2) is 6.35. The standard InChI is InChI=1S/C16H22N2OS/c1-18(13-9-5-4-6-10-13)15(19)16(14(17)20)11-7-2-3-8-12-16/h4-6,9-10H,2-3,7-8,11-12H2,1H3,(H2,17,20). The molecule has 1 saturated carbocycles. The number of amides is 1. The highest BCUT2D eigenvalue weighted by Gasteiger charge is 2.43. The van der Waals surface area contributed by atoms with E-state index >= 15 is 0 Å². The normalized spacial score (nSPS) is 18.1. The monoisotopic (exact) mass is 290 g/mol. The minimum Gasteiger partial charge on any atom is -0.392 e. The van der Waals surface area contributed by atoms with Crippen LogP contribution in [0.2, 0.25) is 0 Å². The van der Waals surface area contributed by atoms with E-state index in [1.165, 1.54) is 0 Å². The molecule has 1 fully saturated rings. The lowest BCUT2D eigenvalue weighted by molar-refractivity contribution is -0.125. The highest BCUT2D eigenvalue weighted by molar-refractivity contribution is 7.80. The number of hydrogen-bond donors (Lipinski definition) is 1. The van der Waals surface area contributed by atoms with E-state index in [9.17, 15) is 4.79 Å². The summed E-state index contributed by atoms with van der Waals surface area (Å²) < 4.78 is 0. The zero-order valence-electron chi connectivity index (χ0n) is 12.0. The van der Waals surface area contributed by atoms with Crippen molar-refractivity contribution in [2.75, 3.05) is 11.9 Å². The second-order valence-corrected chi connectivity index (χ2v) is 6.00. The van der Waals surface area contributed by atoms with Crippen molar-refractivity contribution < 1.29 is 4.79 Å². The van der Waals surface area contributed by atoms with E-state index in [1.807, 2.05) is 37.4 Å². The SMILES string of the molecule is CN(C(=O)C1(C(N)=S)CCCCCC1)c1ccccc1. The van der Waals surface area contributed by atoms with Gasteiger partial charge in [-0.25, -0.2) is 0 Å². The smallest absolute Gasteiger partial charge is 0.239 e. The third-order valence-electron chi connectivity index (χ3n) is 4.29. The van der Waals surface area contributed by atoms with Crippen LogP contribution in [0.5, 0.6) is 0 Å². The molecule has 2 N–H and O–H groups in total. The lowest BCUT2D eigenvalue weighted by atomic mass is 9.78. The predicted octanol–water partition coefficient (Wildman–Crippen LogP) is 3.28. The van der Waals surface area contributed by atoms with Crippen molar-refractivity contribution in [3.05, 3.63) is 30.3 Å². The van der Waals surface area contributed by atoms with Gasteiger partial charge in [-0.1, -0.05) is 56.1 Å². The third-order valence-corrected chi connectivity index (χ3v) is 4.68. The number of rotatable bonds is 3. The molecule has 4 heteroatoms. The van der Waals surface area contributed by atoms with Crippen LogP contribution in [0, 0.1) is 5.41 Å². The van der Waals surface area contributed by atoms with E-state index in [1.54, 1.807) is 4.90 Å². The molecule has 2 rings (SSSR count). The molecular weight excluding hydrogens is 268 g/mol. The molecule has 3 nitrogen and oxygen atoms in total. The molecule has 1 aromatic rings. The van der Waals surface area contributed by atoms with Crippen molar-refractivity contribution in [2.45, 2.75) is 38.5 Å². The minimum absolute atomic E-state index is 0.0399. The number of hydrogen-bond acceptors (Lipinski definition) is 2. The van der Waals surface area contributed by atoms with Gasteiger partial charge < -0.3 is 10.6 Å². The fraction of sp³-hybridized carbons (Fsp3) is 0.500. The molecule has 0 heterocycles. The molecule has 0 aliphatic heterocycles. The second-order valence-electron chi connectivity index (χ2n) is 5.56. The third kappa shape index (κ3) is 2.85. The van der Waals surface area contributed by atoms with Crippen molar-refractivity contribution in [3.63, 3.8) is 0 Å². The van der Waals surface area contributed by atoms with Gasteiger partial charge in [0.05, 0.1) is 10.4 Å². The molecule has 1 aliphatic carbocycles.